The van der Waals surface area contributed by atoms with Gasteiger partial charge in [0.15, 0.2) is 0 Å². The summed E-state index contributed by atoms with van der Waals surface area (Å²) in [6.45, 7) is 7.72. The molecule has 0 atom stereocenters. The normalized spacial score (nSPS) is 14.8. The summed E-state index contributed by atoms with van der Waals surface area (Å²) in [5, 5.41) is 6.24. The van der Waals surface area contributed by atoms with Crippen LogP contribution in [0.5, 0.6) is 0 Å². The van der Waals surface area contributed by atoms with E-state index >= 15 is 0 Å². The van der Waals surface area contributed by atoms with Crippen LogP contribution in [0.2, 0.25) is 0 Å². The second kappa shape index (κ2) is 9.94. The number of piperazine rings is 1. The van der Waals surface area contributed by atoms with Gasteiger partial charge in [0.25, 0.3) is 5.91 Å². The molecule has 0 unspecified atom stereocenters. The zero-order valence-electron chi connectivity index (χ0n) is 11.6. The van der Waals surface area contributed by atoms with E-state index < -0.39 is 0 Å². The number of rotatable bonds is 4. The number of aromatic nitrogens is 1. The first-order valence-corrected chi connectivity index (χ1v) is 6.38. The highest BCUT2D eigenvalue weighted by atomic mass is 35.5. The molecule has 0 spiro atoms. The molecule has 7 heteroatoms. The molecule has 1 aromatic heterocycles. The molecule has 114 valence electrons. The van der Waals surface area contributed by atoms with Gasteiger partial charge < -0.3 is 10.6 Å². The number of hydrogen-bond acceptors (Lipinski definition) is 4. The molecule has 1 aliphatic heterocycles. The molecule has 5 nitrogen and oxygen atoms in total. The van der Waals surface area contributed by atoms with Crippen molar-refractivity contribution in [2.45, 2.75) is 6.92 Å². The van der Waals surface area contributed by atoms with Gasteiger partial charge in [-0.05, 0) is 18.6 Å². The highest BCUT2D eigenvalue weighted by Crippen LogP contribution is 2.00. The Kier molecular flexibility index (Phi) is 9.50. The maximum atomic E-state index is 11.9. The zero-order valence-corrected chi connectivity index (χ0v) is 13.2. The van der Waals surface area contributed by atoms with Gasteiger partial charge in [-0.3, -0.25) is 14.7 Å². The quantitative estimate of drug-likeness (QED) is 0.864. The van der Waals surface area contributed by atoms with Crippen molar-refractivity contribution in [2.24, 2.45) is 0 Å². The number of halogens is 2. The average molecular weight is 321 g/mol. The lowest BCUT2D eigenvalue weighted by Gasteiger charge is -2.27. The Morgan fingerprint density at radius 1 is 1.35 bits per heavy atom. The van der Waals surface area contributed by atoms with Crippen LogP contribution in [0.15, 0.2) is 18.5 Å². The lowest BCUT2D eigenvalue weighted by Crippen LogP contribution is -2.46. The molecule has 0 aliphatic carbocycles. The minimum atomic E-state index is -0.0404. The van der Waals surface area contributed by atoms with E-state index in [1.54, 1.807) is 12.4 Å². The molecule has 0 saturated carbocycles. The van der Waals surface area contributed by atoms with Crippen LogP contribution < -0.4 is 10.6 Å². The molecular formula is C13H22Cl2N4O. The Morgan fingerprint density at radius 3 is 2.70 bits per heavy atom. The predicted molar refractivity (Wildman–Crippen MR) is 85.1 cm³/mol. The highest BCUT2D eigenvalue weighted by Gasteiger charge is 2.10. The molecule has 1 fully saturated rings. The van der Waals surface area contributed by atoms with E-state index in [9.17, 15) is 4.79 Å². The largest absolute Gasteiger partial charge is 0.351 e. The molecule has 2 N–H and O–H groups in total. The van der Waals surface area contributed by atoms with Crippen molar-refractivity contribution in [1.82, 2.24) is 20.5 Å². The summed E-state index contributed by atoms with van der Waals surface area (Å²) in [5.41, 5.74) is 1.64. The van der Waals surface area contributed by atoms with Crippen LogP contribution in [-0.4, -0.2) is 55.1 Å². The second-order valence-corrected chi connectivity index (χ2v) is 4.60. The Bertz CT molecular complexity index is 411. The molecule has 0 aromatic carbocycles. The van der Waals surface area contributed by atoms with Crippen LogP contribution in [-0.2, 0) is 0 Å². The first-order chi connectivity index (χ1) is 8.75. The van der Waals surface area contributed by atoms with E-state index in [1.807, 2.05) is 13.0 Å². The molecule has 2 rings (SSSR count). The van der Waals surface area contributed by atoms with Gasteiger partial charge in [0.05, 0.1) is 5.56 Å². The number of pyridine rings is 1. The summed E-state index contributed by atoms with van der Waals surface area (Å²) in [6.07, 6.45) is 3.35. The lowest BCUT2D eigenvalue weighted by atomic mass is 10.2. The highest BCUT2D eigenvalue weighted by molar-refractivity contribution is 5.93. The van der Waals surface area contributed by atoms with E-state index in [1.165, 1.54) is 0 Å². The molecule has 1 aromatic rings. The molecular weight excluding hydrogens is 299 g/mol. The predicted octanol–water partition coefficient (Wildman–Crippen LogP) is 0.869. The fraction of sp³-hybridized carbons (Fsp3) is 0.538. The first-order valence-electron chi connectivity index (χ1n) is 6.38. The molecule has 0 bridgehead atoms. The zero-order chi connectivity index (χ0) is 12.8. The molecule has 1 amide bonds. The fourth-order valence-electron chi connectivity index (χ4n) is 2.04. The van der Waals surface area contributed by atoms with Crippen LogP contribution in [0.3, 0.4) is 0 Å². The maximum absolute atomic E-state index is 11.9. The summed E-state index contributed by atoms with van der Waals surface area (Å²) in [7, 11) is 0. The summed E-state index contributed by atoms with van der Waals surface area (Å²) in [4.78, 5) is 18.2. The van der Waals surface area contributed by atoms with Crippen molar-refractivity contribution in [3.8, 4) is 0 Å². The van der Waals surface area contributed by atoms with E-state index in [4.69, 9.17) is 0 Å². The molecule has 2 heterocycles. The van der Waals surface area contributed by atoms with Crippen LogP contribution in [0.1, 0.15) is 15.9 Å². The summed E-state index contributed by atoms with van der Waals surface area (Å²) in [5.74, 6) is -0.0404. The monoisotopic (exact) mass is 320 g/mol. The van der Waals surface area contributed by atoms with Crippen molar-refractivity contribution in [3.63, 3.8) is 0 Å². The topological polar surface area (TPSA) is 57.3 Å². The smallest absolute Gasteiger partial charge is 0.252 e. The summed E-state index contributed by atoms with van der Waals surface area (Å²) < 4.78 is 0. The number of nitrogens with one attached hydrogen (secondary N) is 2. The SMILES string of the molecule is Cc1cncc(C(=O)NCCN2CCNCC2)c1.Cl.Cl. The van der Waals surface area contributed by atoms with Crippen molar-refractivity contribution < 1.29 is 4.79 Å². The summed E-state index contributed by atoms with van der Waals surface area (Å²) >= 11 is 0. The van der Waals surface area contributed by atoms with Gasteiger partial charge in [-0.15, -0.1) is 24.8 Å². The second-order valence-electron chi connectivity index (χ2n) is 4.60. The van der Waals surface area contributed by atoms with E-state index in [0.29, 0.717) is 12.1 Å². The number of nitrogens with zero attached hydrogens (tertiary/aromatic N) is 2. The van der Waals surface area contributed by atoms with Gasteiger partial charge in [-0.2, -0.15) is 0 Å². The van der Waals surface area contributed by atoms with Gasteiger partial charge in [-0.1, -0.05) is 0 Å². The molecule has 1 saturated heterocycles. The van der Waals surface area contributed by atoms with Crippen LogP contribution in [0.4, 0.5) is 0 Å². The van der Waals surface area contributed by atoms with Gasteiger partial charge in [-0.25, -0.2) is 0 Å². The van der Waals surface area contributed by atoms with Crippen LogP contribution in [0, 0.1) is 6.92 Å². The minimum absolute atomic E-state index is 0. The van der Waals surface area contributed by atoms with Crippen molar-refractivity contribution >= 4 is 30.7 Å². The van der Waals surface area contributed by atoms with E-state index in [2.05, 4.69) is 20.5 Å². The number of aryl methyl sites for hydroxylation is 1. The summed E-state index contributed by atoms with van der Waals surface area (Å²) in [6, 6.07) is 1.85. The molecule has 1 aliphatic rings. The number of amides is 1. The van der Waals surface area contributed by atoms with Crippen LogP contribution >= 0.6 is 24.8 Å². The molecule has 0 radical (unpaired) electrons. The number of hydrogen-bond donors (Lipinski definition) is 2. The Labute approximate surface area is 132 Å². The fourth-order valence-corrected chi connectivity index (χ4v) is 2.04. The van der Waals surface area contributed by atoms with Gasteiger partial charge in [0.1, 0.15) is 0 Å². The standard InChI is InChI=1S/C13H20N4O.2ClH/c1-11-8-12(10-15-9-11)13(18)16-4-7-17-5-2-14-3-6-17;;/h8-10,14H,2-7H2,1H3,(H,16,18);2*1H. The third-order valence-corrected chi connectivity index (χ3v) is 3.06. The third-order valence-electron chi connectivity index (χ3n) is 3.06. The minimum Gasteiger partial charge on any atom is -0.351 e. The van der Waals surface area contributed by atoms with Crippen molar-refractivity contribution in [1.29, 1.82) is 0 Å². The van der Waals surface area contributed by atoms with Gasteiger partial charge >= 0.3 is 0 Å². The van der Waals surface area contributed by atoms with E-state index in [-0.39, 0.29) is 30.7 Å². The Balaban J connectivity index is 0.00000180. The lowest BCUT2D eigenvalue weighted by molar-refractivity contribution is 0.0947. The first kappa shape index (κ1) is 19.1. The number of carbonyl (C=O) groups excluding carboxylic acids is 1. The van der Waals surface area contributed by atoms with Crippen LogP contribution in [0.25, 0.3) is 0 Å². The van der Waals surface area contributed by atoms with Gasteiger partial charge in [0.2, 0.25) is 0 Å². The van der Waals surface area contributed by atoms with Gasteiger partial charge in [0, 0.05) is 51.7 Å². The average Bonchev–Trinajstić information content (AvgIpc) is 2.40. The van der Waals surface area contributed by atoms with E-state index in [0.717, 1.165) is 38.3 Å². The number of carbonyl (C=O) groups is 1. The van der Waals surface area contributed by atoms with Crippen molar-refractivity contribution in [2.75, 3.05) is 39.3 Å². The Hall–Kier alpha value is -0.880. The molecule has 20 heavy (non-hydrogen) atoms. The van der Waals surface area contributed by atoms with Crippen molar-refractivity contribution in [3.05, 3.63) is 29.6 Å². The third kappa shape index (κ3) is 6.05. The maximum Gasteiger partial charge on any atom is 0.252 e. The Morgan fingerprint density at radius 2 is 2.05 bits per heavy atom.